The second-order valence-corrected chi connectivity index (χ2v) is 4.26. The van der Waals surface area contributed by atoms with Crippen LogP contribution in [0.3, 0.4) is 0 Å². The van der Waals surface area contributed by atoms with Gasteiger partial charge in [-0.2, -0.15) is 0 Å². The van der Waals surface area contributed by atoms with E-state index in [-0.39, 0.29) is 5.91 Å². The molecule has 1 amide bonds. The van der Waals surface area contributed by atoms with Gasteiger partial charge in [-0.1, -0.05) is 6.92 Å². The third kappa shape index (κ3) is 3.27. The summed E-state index contributed by atoms with van der Waals surface area (Å²) < 4.78 is 0. The van der Waals surface area contributed by atoms with E-state index in [2.05, 4.69) is 24.1 Å². The van der Waals surface area contributed by atoms with E-state index < -0.39 is 0 Å². The lowest BCUT2D eigenvalue weighted by atomic mass is 10.1. The van der Waals surface area contributed by atoms with Crippen molar-refractivity contribution in [1.29, 1.82) is 0 Å². The highest BCUT2D eigenvalue weighted by molar-refractivity contribution is 5.78. The minimum absolute atomic E-state index is 0.0939. The molecule has 0 spiro atoms. The summed E-state index contributed by atoms with van der Waals surface area (Å²) in [7, 11) is 0. The van der Waals surface area contributed by atoms with Gasteiger partial charge >= 0.3 is 0 Å². The van der Waals surface area contributed by atoms with Gasteiger partial charge in [-0.25, -0.2) is 0 Å². The molecule has 1 aliphatic rings. The zero-order chi connectivity index (χ0) is 10.6. The number of likely N-dealkylation sites (tertiary alicyclic amines) is 1. The number of carbonyl (C=O) groups excluding carboxylic acids is 1. The summed E-state index contributed by atoms with van der Waals surface area (Å²) in [4.78, 5) is 13.6. The van der Waals surface area contributed by atoms with Crippen molar-refractivity contribution >= 4 is 5.91 Å². The zero-order valence-electron chi connectivity index (χ0n) is 9.12. The molecule has 0 bridgehead atoms. The Bertz CT molecular complexity index is 196. The molecule has 1 heterocycles. The third-order valence-corrected chi connectivity index (χ3v) is 2.73. The van der Waals surface area contributed by atoms with Gasteiger partial charge in [0.1, 0.15) is 0 Å². The van der Waals surface area contributed by atoms with Crippen LogP contribution < -0.4 is 11.1 Å². The average Bonchev–Trinajstić information content (AvgIpc) is 2.42. The van der Waals surface area contributed by atoms with Gasteiger partial charge in [0.15, 0.2) is 0 Å². The molecule has 1 fully saturated rings. The first-order valence-corrected chi connectivity index (χ1v) is 5.34. The van der Waals surface area contributed by atoms with E-state index in [9.17, 15) is 4.79 Å². The number of nitrogens with one attached hydrogen (secondary N) is 1. The van der Waals surface area contributed by atoms with Crippen LogP contribution in [0.5, 0.6) is 0 Å². The van der Waals surface area contributed by atoms with Gasteiger partial charge in [-0.3, -0.25) is 9.69 Å². The van der Waals surface area contributed by atoms with Crippen molar-refractivity contribution in [2.24, 2.45) is 11.7 Å². The summed E-state index contributed by atoms with van der Waals surface area (Å²) in [5.41, 5.74) is 5.31. The normalized spacial score (nSPS) is 27.9. The molecule has 0 aliphatic carbocycles. The van der Waals surface area contributed by atoms with Crippen LogP contribution in [0.15, 0.2) is 0 Å². The molecule has 82 valence electrons. The SMILES string of the molecule is CC1CC(C)N(CC(=O)NCCN)C1. The first kappa shape index (κ1) is 11.5. The average molecular weight is 199 g/mol. The second kappa shape index (κ2) is 5.32. The summed E-state index contributed by atoms with van der Waals surface area (Å²) in [6.07, 6.45) is 1.20. The maximum atomic E-state index is 11.4. The Kier molecular flexibility index (Phi) is 4.35. The van der Waals surface area contributed by atoms with Crippen molar-refractivity contribution < 1.29 is 4.79 Å². The smallest absolute Gasteiger partial charge is 0.234 e. The van der Waals surface area contributed by atoms with E-state index in [1.165, 1.54) is 6.42 Å². The number of nitrogens with two attached hydrogens (primary N) is 1. The van der Waals surface area contributed by atoms with E-state index in [0.717, 1.165) is 6.54 Å². The van der Waals surface area contributed by atoms with Crippen molar-refractivity contribution in [1.82, 2.24) is 10.2 Å². The Morgan fingerprint density at radius 1 is 1.57 bits per heavy atom. The predicted molar refractivity (Wildman–Crippen MR) is 56.9 cm³/mol. The number of hydrogen-bond acceptors (Lipinski definition) is 3. The fourth-order valence-corrected chi connectivity index (χ4v) is 2.06. The molecule has 0 saturated carbocycles. The fraction of sp³-hybridized carbons (Fsp3) is 0.900. The van der Waals surface area contributed by atoms with E-state index in [1.807, 2.05) is 0 Å². The van der Waals surface area contributed by atoms with E-state index >= 15 is 0 Å². The Morgan fingerprint density at radius 3 is 2.79 bits per heavy atom. The minimum atomic E-state index is 0.0939. The van der Waals surface area contributed by atoms with Crippen LogP contribution in [0.2, 0.25) is 0 Å². The summed E-state index contributed by atoms with van der Waals surface area (Å²) >= 11 is 0. The first-order chi connectivity index (χ1) is 6.63. The Balaban J connectivity index is 2.26. The Morgan fingerprint density at radius 2 is 2.29 bits per heavy atom. The molecule has 4 heteroatoms. The number of nitrogens with zero attached hydrogens (tertiary/aromatic N) is 1. The molecule has 0 aromatic rings. The Hall–Kier alpha value is -0.610. The van der Waals surface area contributed by atoms with Crippen molar-refractivity contribution in [2.75, 3.05) is 26.2 Å². The number of hydrogen-bond donors (Lipinski definition) is 2. The largest absolute Gasteiger partial charge is 0.354 e. The van der Waals surface area contributed by atoms with Gasteiger partial charge in [-0.15, -0.1) is 0 Å². The maximum Gasteiger partial charge on any atom is 0.234 e. The summed E-state index contributed by atoms with van der Waals surface area (Å²) in [5.74, 6) is 0.809. The van der Waals surface area contributed by atoms with Crippen LogP contribution in [0.25, 0.3) is 0 Å². The molecule has 0 radical (unpaired) electrons. The van der Waals surface area contributed by atoms with Crippen LogP contribution >= 0.6 is 0 Å². The molecular weight excluding hydrogens is 178 g/mol. The summed E-state index contributed by atoms with van der Waals surface area (Å²) in [6.45, 7) is 7.06. The van der Waals surface area contributed by atoms with Crippen LogP contribution in [0.4, 0.5) is 0 Å². The van der Waals surface area contributed by atoms with E-state index in [0.29, 0.717) is 31.6 Å². The van der Waals surface area contributed by atoms with E-state index in [1.54, 1.807) is 0 Å². The highest BCUT2D eigenvalue weighted by Gasteiger charge is 2.27. The molecule has 1 aliphatic heterocycles. The third-order valence-electron chi connectivity index (χ3n) is 2.73. The second-order valence-electron chi connectivity index (χ2n) is 4.26. The predicted octanol–water partition coefficient (Wildman–Crippen LogP) is -0.208. The minimum Gasteiger partial charge on any atom is -0.354 e. The fourth-order valence-electron chi connectivity index (χ4n) is 2.06. The van der Waals surface area contributed by atoms with Gasteiger partial charge in [0.2, 0.25) is 5.91 Å². The maximum absolute atomic E-state index is 11.4. The quantitative estimate of drug-likeness (QED) is 0.659. The van der Waals surface area contributed by atoms with Gasteiger partial charge in [0.05, 0.1) is 6.54 Å². The van der Waals surface area contributed by atoms with Crippen LogP contribution in [0.1, 0.15) is 20.3 Å². The van der Waals surface area contributed by atoms with Crippen molar-refractivity contribution in [3.05, 3.63) is 0 Å². The molecular formula is C10H21N3O. The summed E-state index contributed by atoms with van der Waals surface area (Å²) in [6, 6.07) is 0.536. The van der Waals surface area contributed by atoms with Crippen molar-refractivity contribution in [3.63, 3.8) is 0 Å². The highest BCUT2D eigenvalue weighted by Crippen LogP contribution is 2.21. The molecule has 2 atom stereocenters. The van der Waals surface area contributed by atoms with Crippen LogP contribution in [-0.2, 0) is 4.79 Å². The monoisotopic (exact) mass is 199 g/mol. The van der Waals surface area contributed by atoms with Crippen LogP contribution in [0, 0.1) is 5.92 Å². The van der Waals surface area contributed by atoms with Gasteiger partial charge in [-0.05, 0) is 19.3 Å². The molecule has 14 heavy (non-hydrogen) atoms. The lowest BCUT2D eigenvalue weighted by Crippen LogP contribution is -2.40. The van der Waals surface area contributed by atoms with Crippen molar-refractivity contribution in [3.8, 4) is 0 Å². The highest BCUT2D eigenvalue weighted by atomic mass is 16.2. The zero-order valence-corrected chi connectivity index (χ0v) is 9.12. The van der Waals surface area contributed by atoms with Crippen LogP contribution in [-0.4, -0.2) is 43.0 Å². The van der Waals surface area contributed by atoms with E-state index in [4.69, 9.17) is 5.73 Å². The van der Waals surface area contributed by atoms with Gasteiger partial charge in [0, 0.05) is 25.7 Å². The molecule has 0 aromatic heterocycles. The number of rotatable bonds is 4. The lowest BCUT2D eigenvalue weighted by Gasteiger charge is -2.19. The molecule has 3 N–H and O–H groups in total. The molecule has 4 nitrogen and oxygen atoms in total. The van der Waals surface area contributed by atoms with Crippen molar-refractivity contribution in [2.45, 2.75) is 26.3 Å². The molecule has 2 unspecified atom stereocenters. The molecule has 1 saturated heterocycles. The summed E-state index contributed by atoms with van der Waals surface area (Å²) in [5, 5.41) is 2.79. The topological polar surface area (TPSA) is 58.4 Å². The molecule has 0 aromatic carbocycles. The Labute approximate surface area is 85.8 Å². The van der Waals surface area contributed by atoms with Gasteiger partial charge in [0.25, 0.3) is 0 Å². The number of amides is 1. The first-order valence-electron chi connectivity index (χ1n) is 5.34. The molecule has 1 rings (SSSR count). The standard InChI is InChI=1S/C10H21N3O/c1-8-5-9(2)13(6-8)7-10(14)12-4-3-11/h8-9H,3-7,11H2,1-2H3,(H,12,14). The lowest BCUT2D eigenvalue weighted by molar-refractivity contribution is -0.122. The van der Waals surface area contributed by atoms with Gasteiger partial charge < -0.3 is 11.1 Å². The number of carbonyl (C=O) groups is 1.